The molecule has 0 heterocycles. The van der Waals surface area contributed by atoms with Crippen LogP contribution in [0.1, 0.15) is 5.56 Å². The SMILES string of the molecule is CS(=O)(=O)NCc1cc(Cl)ccc1N. The van der Waals surface area contributed by atoms with Crippen LogP contribution in [-0.4, -0.2) is 14.7 Å². The molecule has 0 fully saturated rings. The maximum atomic E-state index is 10.8. The molecule has 0 spiro atoms. The van der Waals surface area contributed by atoms with E-state index in [4.69, 9.17) is 17.3 Å². The summed E-state index contributed by atoms with van der Waals surface area (Å²) in [6.45, 7) is 0.158. The standard InChI is InChI=1S/C8H11ClN2O2S/c1-14(12,13)11-5-6-4-7(9)2-3-8(6)10/h2-4,11H,5,10H2,1H3. The van der Waals surface area contributed by atoms with E-state index in [1.807, 2.05) is 0 Å². The molecule has 14 heavy (non-hydrogen) atoms. The minimum Gasteiger partial charge on any atom is -0.398 e. The van der Waals surface area contributed by atoms with Crippen LogP contribution in [0.15, 0.2) is 18.2 Å². The van der Waals surface area contributed by atoms with E-state index in [0.717, 1.165) is 6.26 Å². The summed E-state index contributed by atoms with van der Waals surface area (Å²) in [5.41, 5.74) is 6.81. The van der Waals surface area contributed by atoms with Gasteiger partial charge in [-0.15, -0.1) is 0 Å². The third-order valence-corrected chi connectivity index (χ3v) is 2.53. The topological polar surface area (TPSA) is 72.2 Å². The zero-order valence-electron chi connectivity index (χ0n) is 7.62. The third kappa shape index (κ3) is 3.53. The van der Waals surface area contributed by atoms with Crippen LogP contribution < -0.4 is 10.5 Å². The van der Waals surface area contributed by atoms with Gasteiger partial charge in [0, 0.05) is 17.3 Å². The number of nitrogens with two attached hydrogens (primary N) is 1. The minimum absolute atomic E-state index is 0.158. The van der Waals surface area contributed by atoms with Gasteiger partial charge in [-0.05, 0) is 23.8 Å². The molecule has 0 atom stereocenters. The molecule has 78 valence electrons. The monoisotopic (exact) mass is 234 g/mol. The summed E-state index contributed by atoms with van der Waals surface area (Å²) in [4.78, 5) is 0. The van der Waals surface area contributed by atoms with Crippen molar-refractivity contribution >= 4 is 27.3 Å². The predicted octanol–water partition coefficient (Wildman–Crippen LogP) is 0.971. The maximum Gasteiger partial charge on any atom is 0.209 e. The van der Waals surface area contributed by atoms with Gasteiger partial charge in [-0.25, -0.2) is 13.1 Å². The van der Waals surface area contributed by atoms with Gasteiger partial charge >= 0.3 is 0 Å². The Hall–Kier alpha value is -0.780. The number of anilines is 1. The van der Waals surface area contributed by atoms with Crippen molar-refractivity contribution < 1.29 is 8.42 Å². The Morgan fingerprint density at radius 3 is 2.71 bits per heavy atom. The molecule has 0 aliphatic rings. The molecule has 0 aromatic heterocycles. The molecule has 1 aromatic carbocycles. The molecular weight excluding hydrogens is 224 g/mol. The molecule has 6 heteroatoms. The lowest BCUT2D eigenvalue weighted by Crippen LogP contribution is -2.21. The van der Waals surface area contributed by atoms with Crippen molar-refractivity contribution in [2.24, 2.45) is 0 Å². The molecule has 0 aliphatic carbocycles. The van der Waals surface area contributed by atoms with Gasteiger partial charge in [-0.2, -0.15) is 0 Å². The summed E-state index contributed by atoms with van der Waals surface area (Å²) in [6.07, 6.45) is 1.09. The summed E-state index contributed by atoms with van der Waals surface area (Å²) in [5, 5.41) is 0.532. The smallest absolute Gasteiger partial charge is 0.209 e. The van der Waals surface area contributed by atoms with Crippen LogP contribution in [0.25, 0.3) is 0 Å². The number of sulfonamides is 1. The zero-order valence-corrected chi connectivity index (χ0v) is 9.19. The van der Waals surface area contributed by atoms with Crippen molar-refractivity contribution in [3.05, 3.63) is 28.8 Å². The molecule has 1 rings (SSSR count). The summed E-state index contributed by atoms with van der Waals surface area (Å²) in [7, 11) is -3.20. The summed E-state index contributed by atoms with van der Waals surface area (Å²) in [6, 6.07) is 4.93. The van der Waals surface area contributed by atoms with E-state index >= 15 is 0 Å². The predicted molar refractivity (Wildman–Crippen MR) is 57.5 cm³/mol. The maximum absolute atomic E-state index is 10.8. The van der Waals surface area contributed by atoms with Crippen molar-refractivity contribution in [2.75, 3.05) is 12.0 Å². The second-order valence-corrected chi connectivity index (χ2v) is 5.21. The Morgan fingerprint density at radius 1 is 1.50 bits per heavy atom. The third-order valence-electron chi connectivity index (χ3n) is 1.63. The fourth-order valence-corrected chi connectivity index (χ4v) is 1.55. The van der Waals surface area contributed by atoms with E-state index in [0.29, 0.717) is 16.3 Å². The first-order valence-corrected chi connectivity index (χ1v) is 6.14. The highest BCUT2D eigenvalue weighted by Gasteiger charge is 2.04. The molecule has 0 bridgehead atoms. The Balaban J connectivity index is 2.81. The number of nitrogens with one attached hydrogen (secondary N) is 1. The van der Waals surface area contributed by atoms with Gasteiger partial charge in [-0.1, -0.05) is 11.6 Å². The highest BCUT2D eigenvalue weighted by molar-refractivity contribution is 7.88. The summed E-state index contributed by atoms with van der Waals surface area (Å²) < 4.78 is 24.0. The Labute approximate surface area is 88.1 Å². The average molecular weight is 235 g/mol. The Kier molecular flexibility index (Phi) is 3.36. The number of nitrogen functional groups attached to an aromatic ring is 1. The van der Waals surface area contributed by atoms with Gasteiger partial charge < -0.3 is 5.73 Å². The second kappa shape index (κ2) is 4.16. The quantitative estimate of drug-likeness (QED) is 0.766. The second-order valence-electron chi connectivity index (χ2n) is 2.94. The van der Waals surface area contributed by atoms with E-state index in [9.17, 15) is 8.42 Å². The van der Waals surface area contributed by atoms with Crippen LogP contribution >= 0.6 is 11.6 Å². The molecule has 0 unspecified atom stereocenters. The minimum atomic E-state index is -3.20. The van der Waals surface area contributed by atoms with Gasteiger partial charge in [0.1, 0.15) is 0 Å². The van der Waals surface area contributed by atoms with Crippen molar-refractivity contribution in [3.63, 3.8) is 0 Å². The van der Waals surface area contributed by atoms with E-state index < -0.39 is 10.0 Å². The first-order valence-electron chi connectivity index (χ1n) is 3.87. The number of hydrogen-bond donors (Lipinski definition) is 2. The van der Waals surface area contributed by atoms with Crippen molar-refractivity contribution in [1.82, 2.24) is 4.72 Å². The lowest BCUT2D eigenvalue weighted by atomic mass is 10.2. The van der Waals surface area contributed by atoms with Crippen LogP contribution in [0.2, 0.25) is 5.02 Å². The summed E-state index contributed by atoms with van der Waals surface area (Å²) in [5.74, 6) is 0. The van der Waals surface area contributed by atoms with Crippen LogP contribution in [0.3, 0.4) is 0 Å². The normalized spacial score (nSPS) is 11.6. The van der Waals surface area contributed by atoms with E-state index in [1.54, 1.807) is 18.2 Å². The van der Waals surface area contributed by atoms with Crippen molar-refractivity contribution in [1.29, 1.82) is 0 Å². The molecule has 0 saturated carbocycles. The van der Waals surface area contributed by atoms with Gasteiger partial charge in [0.15, 0.2) is 0 Å². The van der Waals surface area contributed by atoms with Gasteiger partial charge in [-0.3, -0.25) is 0 Å². The molecule has 4 nitrogen and oxygen atoms in total. The first kappa shape index (κ1) is 11.3. The molecule has 3 N–H and O–H groups in total. The van der Waals surface area contributed by atoms with Crippen LogP contribution in [0, 0.1) is 0 Å². The number of benzene rings is 1. The largest absolute Gasteiger partial charge is 0.398 e. The average Bonchev–Trinajstić information content (AvgIpc) is 2.05. The van der Waals surface area contributed by atoms with Crippen LogP contribution in [-0.2, 0) is 16.6 Å². The van der Waals surface area contributed by atoms with Gasteiger partial charge in [0.25, 0.3) is 0 Å². The Morgan fingerprint density at radius 2 is 2.14 bits per heavy atom. The van der Waals surface area contributed by atoms with E-state index in [-0.39, 0.29) is 6.54 Å². The first-order chi connectivity index (χ1) is 6.38. The van der Waals surface area contributed by atoms with Gasteiger partial charge in [0.2, 0.25) is 10.0 Å². The lowest BCUT2D eigenvalue weighted by Gasteiger charge is -2.06. The fraction of sp³-hybridized carbons (Fsp3) is 0.250. The number of halogens is 1. The van der Waals surface area contributed by atoms with Gasteiger partial charge in [0.05, 0.1) is 6.26 Å². The highest BCUT2D eigenvalue weighted by Crippen LogP contribution is 2.17. The van der Waals surface area contributed by atoms with Crippen molar-refractivity contribution in [3.8, 4) is 0 Å². The van der Waals surface area contributed by atoms with Crippen LogP contribution in [0.4, 0.5) is 5.69 Å². The molecule has 1 aromatic rings. The van der Waals surface area contributed by atoms with E-state index in [2.05, 4.69) is 4.72 Å². The number of rotatable bonds is 3. The van der Waals surface area contributed by atoms with E-state index in [1.165, 1.54) is 0 Å². The zero-order chi connectivity index (χ0) is 10.8. The summed E-state index contributed by atoms with van der Waals surface area (Å²) >= 11 is 5.73. The molecule has 0 saturated heterocycles. The molecular formula is C8H11ClN2O2S. The molecule has 0 radical (unpaired) electrons. The van der Waals surface area contributed by atoms with Crippen molar-refractivity contribution in [2.45, 2.75) is 6.54 Å². The number of hydrogen-bond acceptors (Lipinski definition) is 3. The Bertz CT molecular complexity index is 431. The molecule has 0 aliphatic heterocycles. The lowest BCUT2D eigenvalue weighted by molar-refractivity contribution is 0.587. The fourth-order valence-electron chi connectivity index (χ4n) is 0.936. The van der Waals surface area contributed by atoms with Crippen LogP contribution in [0.5, 0.6) is 0 Å². The highest BCUT2D eigenvalue weighted by atomic mass is 35.5. The molecule has 0 amide bonds.